The number of thiophene rings is 1. The van der Waals surface area contributed by atoms with Crippen LogP contribution in [0.1, 0.15) is 31.7 Å². The Morgan fingerprint density at radius 1 is 1.00 bits per heavy atom. The number of pyridine rings is 1. The van der Waals surface area contributed by atoms with Crippen molar-refractivity contribution in [3.05, 3.63) is 65.7 Å². The molecule has 0 spiro atoms. The van der Waals surface area contributed by atoms with Crippen LogP contribution in [0.5, 0.6) is 5.75 Å². The molecule has 0 saturated carbocycles. The number of alkyl halides is 3. The highest BCUT2D eigenvalue weighted by Crippen LogP contribution is 2.39. The summed E-state index contributed by atoms with van der Waals surface area (Å²) < 4.78 is 46.2. The Morgan fingerprint density at radius 3 is 2.55 bits per heavy atom. The van der Waals surface area contributed by atoms with E-state index in [1.54, 1.807) is 23.6 Å². The highest BCUT2D eigenvalue weighted by Gasteiger charge is 2.34. The quantitative estimate of drug-likeness (QED) is 0.240. The maximum Gasteiger partial charge on any atom is 0.420 e. The Kier molecular flexibility index (Phi) is 7.29. The van der Waals surface area contributed by atoms with E-state index in [0.29, 0.717) is 10.8 Å². The van der Waals surface area contributed by atoms with E-state index < -0.39 is 11.7 Å². The molecule has 4 nitrogen and oxygen atoms in total. The lowest BCUT2D eigenvalue weighted by Gasteiger charge is -2.15. The van der Waals surface area contributed by atoms with E-state index in [1.807, 2.05) is 42.6 Å². The number of halogens is 3. The first-order chi connectivity index (χ1) is 15.9. The fourth-order valence-corrected chi connectivity index (χ4v) is 4.93. The Morgan fingerprint density at radius 2 is 1.82 bits per heavy atom. The van der Waals surface area contributed by atoms with Crippen LogP contribution in [0, 0.1) is 0 Å². The molecule has 0 fully saturated rings. The maximum atomic E-state index is 13.6. The molecule has 9 heteroatoms. The summed E-state index contributed by atoms with van der Waals surface area (Å²) in [7, 11) is 0. The fourth-order valence-electron chi connectivity index (χ4n) is 3.18. The van der Waals surface area contributed by atoms with Crippen molar-refractivity contribution in [2.75, 3.05) is 11.9 Å². The third kappa shape index (κ3) is 5.91. The Hall–Kier alpha value is -2.91. The summed E-state index contributed by atoms with van der Waals surface area (Å²) in [5, 5.41) is 5.39. The largest absolute Gasteiger partial charge is 0.493 e. The summed E-state index contributed by atoms with van der Waals surface area (Å²) in [4.78, 5) is 10.9. The van der Waals surface area contributed by atoms with Gasteiger partial charge in [0, 0.05) is 17.3 Å². The molecule has 172 valence electrons. The molecular formula is C24H22F3N3OS2. The molecule has 0 unspecified atom stereocenters. The van der Waals surface area contributed by atoms with Gasteiger partial charge < -0.3 is 10.1 Å². The van der Waals surface area contributed by atoms with Crippen LogP contribution >= 0.6 is 22.7 Å². The molecule has 0 saturated heterocycles. The fraction of sp³-hybridized carbons (Fsp3) is 0.250. The summed E-state index contributed by atoms with van der Waals surface area (Å²) in [6, 6.07) is 13.7. The van der Waals surface area contributed by atoms with Crippen LogP contribution < -0.4 is 10.1 Å². The zero-order valence-corrected chi connectivity index (χ0v) is 19.5. The van der Waals surface area contributed by atoms with Gasteiger partial charge in [-0.3, -0.25) is 4.98 Å². The van der Waals surface area contributed by atoms with Crippen molar-refractivity contribution >= 4 is 33.5 Å². The zero-order chi connectivity index (χ0) is 23.3. The summed E-state index contributed by atoms with van der Waals surface area (Å²) in [5.41, 5.74) is 1.17. The van der Waals surface area contributed by atoms with Gasteiger partial charge in [-0.15, -0.1) is 22.7 Å². The molecule has 0 atom stereocenters. The molecule has 0 amide bonds. The second-order valence-electron chi connectivity index (χ2n) is 7.31. The van der Waals surface area contributed by atoms with E-state index >= 15 is 0 Å². The van der Waals surface area contributed by atoms with Crippen molar-refractivity contribution in [2.45, 2.75) is 32.4 Å². The molecule has 1 N–H and O–H groups in total. The normalized spacial score (nSPS) is 11.5. The minimum atomic E-state index is -4.51. The number of hydrogen-bond donors (Lipinski definition) is 1. The van der Waals surface area contributed by atoms with Crippen molar-refractivity contribution < 1.29 is 17.9 Å². The number of benzene rings is 1. The van der Waals surface area contributed by atoms with Crippen molar-refractivity contribution in [3.8, 4) is 26.9 Å². The lowest BCUT2D eigenvalue weighted by Crippen LogP contribution is -2.10. The van der Waals surface area contributed by atoms with E-state index in [1.165, 1.54) is 17.4 Å². The molecule has 0 aliphatic carbocycles. The van der Waals surface area contributed by atoms with Gasteiger partial charge in [0.25, 0.3) is 0 Å². The molecule has 0 aliphatic rings. The molecule has 0 aliphatic heterocycles. The lowest BCUT2D eigenvalue weighted by atomic mass is 10.1. The number of unbranched alkanes of at least 4 members (excludes halogenated alkanes) is 2. The summed E-state index contributed by atoms with van der Waals surface area (Å²) in [6.45, 7) is 2.30. The number of rotatable bonds is 9. The predicted octanol–water partition coefficient (Wildman–Crippen LogP) is 8.27. The predicted molar refractivity (Wildman–Crippen MR) is 128 cm³/mol. The van der Waals surface area contributed by atoms with Crippen molar-refractivity contribution in [3.63, 3.8) is 0 Å². The van der Waals surface area contributed by atoms with Crippen LogP contribution in [0.3, 0.4) is 0 Å². The van der Waals surface area contributed by atoms with Crippen LogP contribution in [0.2, 0.25) is 0 Å². The molecule has 33 heavy (non-hydrogen) atoms. The Labute approximate surface area is 198 Å². The molecule has 1 aromatic carbocycles. The first-order valence-electron chi connectivity index (χ1n) is 10.5. The average molecular weight is 490 g/mol. The van der Waals surface area contributed by atoms with Crippen LogP contribution in [-0.2, 0) is 6.18 Å². The topological polar surface area (TPSA) is 47.0 Å². The summed E-state index contributed by atoms with van der Waals surface area (Å²) in [5.74, 6) is -0.149. The van der Waals surface area contributed by atoms with Crippen molar-refractivity contribution in [1.82, 2.24) is 9.97 Å². The third-order valence-corrected chi connectivity index (χ3v) is 6.71. The van der Waals surface area contributed by atoms with E-state index in [2.05, 4.69) is 15.3 Å². The van der Waals surface area contributed by atoms with Crippen molar-refractivity contribution in [1.29, 1.82) is 0 Å². The zero-order valence-electron chi connectivity index (χ0n) is 17.9. The molecule has 0 bridgehead atoms. The van der Waals surface area contributed by atoms with Gasteiger partial charge >= 0.3 is 6.18 Å². The van der Waals surface area contributed by atoms with Gasteiger partial charge in [0.2, 0.25) is 0 Å². The number of anilines is 2. The smallest absolute Gasteiger partial charge is 0.420 e. The maximum absolute atomic E-state index is 13.6. The number of nitrogens with one attached hydrogen (secondary N) is 1. The van der Waals surface area contributed by atoms with Gasteiger partial charge in [0.1, 0.15) is 5.75 Å². The number of nitrogens with zero attached hydrogens (tertiary/aromatic N) is 2. The first kappa shape index (κ1) is 23.3. The number of hydrogen-bond acceptors (Lipinski definition) is 6. The second-order valence-corrected chi connectivity index (χ2v) is 9.25. The minimum absolute atomic E-state index is 0.149. The summed E-state index contributed by atoms with van der Waals surface area (Å²) >= 11 is 2.90. The van der Waals surface area contributed by atoms with E-state index in [-0.39, 0.29) is 12.4 Å². The molecule has 4 rings (SSSR count). The number of thiazole rings is 1. The average Bonchev–Trinajstić information content (AvgIpc) is 3.47. The highest BCUT2D eigenvalue weighted by atomic mass is 32.1. The van der Waals surface area contributed by atoms with Gasteiger partial charge in [0.15, 0.2) is 5.13 Å². The van der Waals surface area contributed by atoms with Gasteiger partial charge in [0.05, 0.1) is 33.3 Å². The van der Waals surface area contributed by atoms with Gasteiger partial charge in [-0.1, -0.05) is 25.8 Å². The van der Waals surface area contributed by atoms with Crippen LogP contribution in [0.15, 0.2) is 60.1 Å². The van der Waals surface area contributed by atoms with E-state index in [4.69, 9.17) is 4.74 Å². The van der Waals surface area contributed by atoms with Crippen LogP contribution in [0.25, 0.3) is 21.1 Å². The minimum Gasteiger partial charge on any atom is -0.493 e. The molecule has 0 radical (unpaired) electrons. The number of ether oxygens (including phenoxy) is 1. The molecule has 3 aromatic heterocycles. The van der Waals surface area contributed by atoms with Gasteiger partial charge in [-0.25, -0.2) is 4.98 Å². The summed E-state index contributed by atoms with van der Waals surface area (Å²) in [6.07, 6.45) is -0.146. The SMILES string of the molecule is CCCCCOc1ccc(Nc2nc(-c3ccc(-c4ccccn4)s3)cs2)cc1C(F)(F)F. The van der Waals surface area contributed by atoms with E-state index in [9.17, 15) is 13.2 Å². The monoisotopic (exact) mass is 489 g/mol. The number of aromatic nitrogens is 2. The first-order valence-corrected chi connectivity index (χ1v) is 12.2. The third-order valence-electron chi connectivity index (χ3n) is 4.82. The standard InChI is InChI=1S/C24H22F3N3OS2/c1-2-3-6-13-31-20-9-8-16(14-17(20)24(25,26)27)29-23-30-19(15-32-23)22-11-10-21(33-22)18-7-4-5-12-28-18/h4-5,7-12,14-15H,2-3,6,13H2,1H3,(H,29,30). The highest BCUT2D eigenvalue weighted by molar-refractivity contribution is 7.19. The van der Waals surface area contributed by atoms with Crippen LogP contribution in [0.4, 0.5) is 24.0 Å². The Balaban J connectivity index is 1.49. The van der Waals surface area contributed by atoms with Crippen molar-refractivity contribution in [2.24, 2.45) is 0 Å². The molecule has 3 heterocycles. The lowest BCUT2D eigenvalue weighted by molar-refractivity contribution is -0.138. The molecule has 4 aromatic rings. The van der Waals surface area contributed by atoms with Gasteiger partial charge in [-0.2, -0.15) is 13.2 Å². The Bertz CT molecular complexity index is 1190. The van der Waals surface area contributed by atoms with Crippen LogP contribution in [-0.4, -0.2) is 16.6 Å². The molecular weight excluding hydrogens is 467 g/mol. The second kappa shape index (κ2) is 10.4. The van der Waals surface area contributed by atoms with Gasteiger partial charge in [-0.05, 0) is 48.9 Å². The van der Waals surface area contributed by atoms with E-state index in [0.717, 1.165) is 46.5 Å².